The Hall–Kier alpha value is -2.30. The van der Waals surface area contributed by atoms with E-state index in [1.165, 1.54) is 6.08 Å². The van der Waals surface area contributed by atoms with E-state index in [0.29, 0.717) is 33.2 Å². The molecule has 0 atom stereocenters. The van der Waals surface area contributed by atoms with Gasteiger partial charge in [0.15, 0.2) is 0 Å². The molecular weight excluding hydrogens is 347 g/mol. The average molecular weight is 361 g/mol. The zero-order valence-electron chi connectivity index (χ0n) is 12.8. The zero-order valence-corrected chi connectivity index (χ0v) is 14.3. The number of nitrogens with zero attached hydrogens (tertiary/aromatic N) is 2. The molecule has 24 heavy (non-hydrogen) atoms. The molecule has 1 aromatic heterocycles. The van der Waals surface area contributed by atoms with Crippen molar-refractivity contribution in [2.24, 2.45) is 0 Å². The van der Waals surface area contributed by atoms with Crippen molar-refractivity contribution in [3.05, 3.63) is 74.1 Å². The van der Waals surface area contributed by atoms with Crippen LogP contribution in [-0.4, -0.2) is 14.7 Å². The Labute approximate surface area is 148 Å². The van der Waals surface area contributed by atoms with Gasteiger partial charge in [-0.15, -0.1) is 0 Å². The molecule has 3 aromatic rings. The van der Waals surface area contributed by atoms with Crippen LogP contribution in [0.1, 0.15) is 18.2 Å². The van der Waals surface area contributed by atoms with E-state index in [2.05, 4.69) is 4.98 Å². The van der Waals surface area contributed by atoms with Crippen molar-refractivity contribution in [2.45, 2.75) is 13.5 Å². The Morgan fingerprint density at radius 3 is 2.54 bits per heavy atom. The summed E-state index contributed by atoms with van der Waals surface area (Å²) in [5, 5.41) is 11.0. The maximum absolute atomic E-state index is 12.6. The Kier molecular flexibility index (Phi) is 4.60. The van der Waals surface area contributed by atoms with Crippen LogP contribution in [0, 0.1) is 0 Å². The highest BCUT2D eigenvalue weighted by Crippen LogP contribution is 2.26. The van der Waals surface area contributed by atoms with Crippen molar-refractivity contribution >= 4 is 46.1 Å². The van der Waals surface area contributed by atoms with Gasteiger partial charge in [-0.2, -0.15) is 0 Å². The number of rotatable bonds is 3. The number of hydrogen-bond acceptors (Lipinski definition) is 3. The van der Waals surface area contributed by atoms with Crippen LogP contribution in [0.25, 0.3) is 22.9 Å². The largest absolute Gasteiger partial charge is 0.507 e. The van der Waals surface area contributed by atoms with Gasteiger partial charge in [-0.25, -0.2) is 4.98 Å². The van der Waals surface area contributed by atoms with Crippen LogP contribution in [0.3, 0.4) is 0 Å². The molecule has 6 heteroatoms. The monoisotopic (exact) mass is 360 g/mol. The van der Waals surface area contributed by atoms with Crippen LogP contribution in [0.5, 0.6) is 0 Å². The van der Waals surface area contributed by atoms with Crippen LogP contribution in [-0.2, 0) is 6.54 Å². The third kappa shape index (κ3) is 3.03. The average Bonchev–Trinajstić information content (AvgIpc) is 2.58. The molecule has 0 amide bonds. The standard InChI is InChI=1S/C18H14Cl2N2O2/c1-2-22-16-9-13(20)12(19)8-14(16)21-15(18(22)24)10-17(23)11-6-4-3-5-7-11/h3-10,23H,2H2,1H3. The minimum Gasteiger partial charge on any atom is -0.507 e. The van der Waals surface area contributed by atoms with Gasteiger partial charge in [0.2, 0.25) is 0 Å². The van der Waals surface area contributed by atoms with Crippen LogP contribution in [0.4, 0.5) is 0 Å². The molecule has 1 heterocycles. The summed E-state index contributed by atoms with van der Waals surface area (Å²) in [5.41, 5.74) is 1.59. The fourth-order valence-corrected chi connectivity index (χ4v) is 2.80. The quantitative estimate of drug-likeness (QED) is 0.683. The molecule has 4 nitrogen and oxygen atoms in total. The molecule has 3 rings (SSSR count). The highest BCUT2D eigenvalue weighted by Gasteiger charge is 2.12. The first-order valence-corrected chi connectivity index (χ1v) is 8.12. The number of benzene rings is 2. The summed E-state index contributed by atoms with van der Waals surface area (Å²) >= 11 is 12.1. The second-order valence-corrected chi connectivity index (χ2v) is 6.01. The number of fused-ring (bicyclic) bond motifs is 1. The van der Waals surface area contributed by atoms with Crippen molar-refractivity contribution in [1.29, 1.82) is 0 Å². The SMILES string of the molecule is CCn1c(=O)c(C=C(O)c2ccccc2)nc2cc(Cl)c(Cl)cc21. The fourth-order valence-electron chi connectivity index (χ4n) is 2.49. The van der Waals surface area contributed by atoms with Gasteiger partial charge < -0.3 is 9.67 Å². The van der Waals surface area contributed by atoms with E-state index < -0.39 is 0 Å². The minimum atomic E-state index is -0.300. The lowest BCUT2D eigenvalue weighted by Crippen LogP contribution is -2.23. The Bertz CT molecular complexity index is 995. The third-order valence-electron chi connectivity index (χ3n) is 3.67. The maximum Gasteiger partial charge on any atom is 0.277 e. The first kappa shape index (κ1) is 16.6. The molecule has 0 saturated heterocycles. The number of aromatic nitrogens is 2. The Morgan fingerprint density at radius 1 is 1.21 bits per heavy atom. The van der Waals surface area contributed by atoms with Crippen LogP contribution < -0.4 is 5.56 Å². The second kappa shape index (κ2) is 6.67. The fraction of sp³-hybridized carbons (Fsp3) is 0.111. The highest BCUT2D eigenvalue weighted by atomic mass is 35.5. The lowest BCUT2D eigenvalue weighted by molar-refractivity contribution is 0.515. The summed E-state index contributed by atoms with van der Waals surface area (Å²) in [6.45, 7) is 2.30. The second-order valence-electron chi connectivity index (χ2n) is 5.20. The summed E-state index contributed by atoms with van der Waals surface area (Å²) in [5.74, 6) is -0.0257. The third-order valence-corrected chi connectivity index (χ3v) is 4.39. The van der Waals surface area contributed by atoms with E-state index in [1.807, 2.05) is 13.0 Å². The summed E-state index contributed by atoms with van der Waals surface area (Å²) in [7, 11) is 0. The van der Waals surface area contributed by atoms with Gasteiger partial charge in [-0.3, -0.25) is 4.79 Å². The molecule has 1 N–H and O–H groups in total. The Morgan fingerprint density at radius 2 is 1.88 bits per heavy atom. The normalized spacial score (nSPS) is 11.9. The highest BCUT2D eigenvalue weighted by molar-refractivity contribution is 6.42. The van der Waals surface area contributed by atoms with Crippen molar-refractivity contribution in [2.75, 3.05) is 0 Å². The zero-order chi connectivity index (χ0) is 17.3. The van der Waals surface area contributed by atoms with E-state index in [-0.39, 0.29) is 17.0 Å². The lowest BCUT2D eigenvalue weighted by Gasteiger charge is -2.10. The molecule has 122 valence electrons. The topological polar surface area (TPSA) is 55.1 Å². The molecule has 0 aliphatic rings. The smallest absolute Gasteiger partial charge is 0.277 e. The van der Waals surface area contributed by atoms with Gasteiger partial charge in [0.1, 0.15) is 11.5 Å². The molecule has 0 unspecified atom stereocenters. The summed E-state index contributed by atoms with van der Waals surface area (Å²) in [4.78, 5) is 17.0. The van der Waals surface area contributed by atoms with Crippen LogP contribution in [0.2, 0.25) is 10.0 Å². The molecule has 0 spiro atoms. The van der Waals surface area contributed by atoms with Crippen molar-refractivity contribution < 1.29 is 5.11 Å². The predicted molar refractivity (Wildman–Crippen MR) is 98.6 cm³/mol. The molecular formula is C18H14Cl2N2O2. The summed E-state index contributed by atoms with van der Waals surface area (Å²) in [6.07, 6.45) is 1.37. The van der Waals surface area contributed by atoms with Gasteiger partial charge >= 0.3 is 0 Å². The Balaban J connectivity index is 2.24. The van der Waals surface area contributed by atoms with E-state index in [0.717, 1.165) is 0 Å². The molecule has 0 aliphatic carbocycles. The van der Waals surface area contributed by atoms with Gasteiger partial charge in [-0.05, 0) is 19.1 Å². The number of halogens is 2. The van der Waals surface area contributed by atoms with Gasteiger partial charge in [0, 0.05) is 18.2 Å². The maximum atomic E-state index is 12.6. The van der Waals surface area contributed by atoms with E-state index in [9.17, 15) is 9.90 Å². The number of hydrogen-bond donors (Lipinski definition) is 1. The first-order valence-electron chi connectivity index (χ1n) is 7.37. The molecule has 2 aromatic carbocycles. The molecule has 0 bridgehead atoms. The molecule has 0 saturated carbocycles. The van der Waals surface area contributed by atoms with E-state index in [4.69, 9.17) is 23.2 Å². The number of aliphatic hydroxyl groups is 1. The van der Waals surface area contributed by atoms with E-state index in [1.54, 1.807) is 41.0 Å². The molecule has 0 aliphatic heterocycles. The summed E-state index contributed by atoms with van der Waals surface area (Å²) < 4.78 is 1.55. The van der Waals surface area contributed by atoms with Gasteiger partial charge in [0.05, 0.1) is 21.1 Å². The molecule has 0 radical (unpaired) electrons. The van der Waals surface area contributed by atoms with Crippen molar-refractivity contribution in [3.63, 3.8) is 0 Å². The predicted octanol–water partition coefficient (Wildman–Crippen LogP) is 4.78. The van der Waals surface area contributed by atoms with Gasteiger partial charge in [0.25, 0.3) is 5.56 Å². The number of aliphatic hydroxyl groups excluding tert-OH is 1. The van der Waals surface area contributed by atoms with Gasteiger partial charge in [-0.1, -0.05) is 53.5 Å². The lowest BCUT2D eigenvalue weighted by atomic mass is 10.1. The van der Waals surface area contributed by atoms with Crippen molar-refractivity contribution in [3.8, 4) is 0 Å². The number of aryl methyl sites for hydroxylation is 1. The minimum absolute atomic E-state index is 0.0257. The molecule has 0 fully saturated rings. The van der Waals surface area contributed by atoms with E-state index >= 15 is 0 Å². The van der Waals surface area contributed by atoms with Crippen molar-refractivity contribution in [1.82, 2.24) is 9.55 Å². The van der Waals surface area contributed by atoms with Crippen LogP contribution >= 0.6 is 23.2 Å². The first-order chi connectivity index (χ1) is 11.5. The van der Waals surface area contributed by atoms with Crippen LogP contribution in [0.15, 0.2) is 47.3 Å². The summed E-state index contributed by atoms with van der Waals surface area (Å²) in [6, 6.07) is 12.2.